The van der Waals surface area contributed by atoms with Crippen LogP contribution in [0.25, 0.3) is 0 Å². The van der Waals surface area contributed by atoms with E-state index in [1.165, 1.54) is 12.1 Å². The fourth-order valence-electron chi connectivity index (χ4n) is 1.74. The van der Waals surface area contributed by atoms with Gasteiger partial charge in [0.05, 0.1) is 5.56 Å². The number of halogens is 3. The van der Waals surface area contributed by atoms with Crippen LogP contribution in [0.3, 0.4) is 0 Å². The van der Waals surface area contributed by atoms with Crippen molar-refractivity contribution in [1.29, 1.82) is 0 Å². The van der Waals surface area contributed by atoms with Gasteiger partial charge in [-0.1, -0.05) is 18.2 Å². The normalized spacial score (nSPS) is 16.6. The van der Waals surface area contributed by atoms with Crippen molar-refractivity contribution in [2.45, 2.75) is 19.0 Å². The lowest BCUT2D eigenvalue weighted by Crippen LogP contribution is -2.12. The van der Waals surface area contributed by atoms with Crippen molar-refractivity contribution in [3.63, 3.8) is 0 Å². The molecule has 0 aliphatic carbocycles. The Labute approximate surface area is 85.6 Å². The fraction of sp³-hybridized carbons (Fsp3) is 0.364. The average Bonchev–Trinajstić information content (AvgIpc) is 2.69. The van der Waals surface area contributed by atoms with E-state index >= 15 is 0 Å². The Hall–Kier alpha value is -1.32. The van der Waals surface area contributed by atoms with E-state index in [-0.39, 0.29) is 5.56 Å². The van der Waals surface area contributed by atoms with E-state index in [0.717, 1.165) is 12.5 Å². The highest BCUT2D eigenvalue weighted by Crippen LogP contribution is 2.33. The Kier molecular flexibility index (Phi) is 2.50. The number of hydrogen-bond donors (Lipinski definition) is 0. The molecule has 0 fully saturated rings. The molecule has 1 aliphatic heterocycles. The van der Waals surface area contributed by atoms with Gasteiger partial charge in [-0.05, 0) is 18.9 Å². The van der Waals surface area contributed by atoms with Crippen LogP contribution in [0.4, 0.5) is 13.2 Å². The van der Waals surface area contributed by atoms with Crippen LogP contribution in [0.2, 0.25) is 0 Å². The number of benzene rings is 1. The molecule has 0 saturated carbocycles. The molecule has 1 nitrogen and oxygen atoms in total. The highest BCUT2D eigenvalue weighted by atomic mass is 19.4. The molecule has 0 amide bonds. The van der Waals surface area contributed by atoms with Crippen molar-refractivity contribution in [2.24, 2.45) is 4.99 Å². The largest absolute Gasteiger partial charge is 0.417 e. The van der Waals surface area contributed by atoms with Crippen LogP contribution in [0.1, 0.15) is 24.0 Å². The maximum Gasteiger partial charge on any atom is 0.417 e. The van der Waals surface area contributed by atoms with Crippen molar-refractivity contribution >= 4 is 5.71 Å². The summed E-state index contributed by atoms with van der Waals surface area (Å²) >= 11 is 0. The van der Waals surface area contributed by atoms with Crippen molar-refractivity contribution in [3.05, 3.63) is 35.4 Å². The van der Waals surface area contributed by atoms with E-state index in [1.54, 1.807) is 6.07 Å². The van der Waals surface area contributed by atoms with E-state index < -0.39 is 11.7 Å². The third kappa shape index (κ3) is 2.03. The number of nitrogens with zero attached hydrogens (tertiary/aromatic N) is 1. The molecule has 0 N–H and O–H groups in total. The summed E-state index contributed by atoms with van der Waals surface area (Å²) in [6, 6.07) is 5.62. The molecule has 0 radical (unpaired) electrons. The van der Waals surface area contributed by atoms with Crippen LogP contribution in [0.15, 0.2) is 29.3 Å². The van der Waals surface area contributed by atoms with Gasteiger partial charge in [-0.25, -0.2) is 0 Å². The topological polar surface area (TPSA) is 12.4 Å². The molecule has 0 saturated heterocycles. The van der Waals surface area contributed by atoms with Gasteiger partial charge < -0.3 is 0 Å². The Morgan fingerprint density at radius 1 is 1.13 bits per heavy atom. The maximum atomic E-state index is 12.6. The minimum Gasteiger partial charge on any atom is -0.289 e. The molecule has 15 heavy (non-hydrogen) atoms. The Balaban J connectivity index is 2.47. The van der Waals surface area contributed by atoms with Crippen LogP contribution in [0, 0.1) is 0 Å². The lowest BCUT2D eigenvalue weighted by Gasteiger charge is -2.12. The van der Waals surface area contributed by atoms with Gasteiger partial charge in [0.1, 0.15) is 0 Å². The van der Waals surface area contributed by atoms with E-state index in [1.807, 2.05) is 0 Å². The number of aliphatic imine (C=N–C) groups is 1. The zero-order chi connectivity index (χ0) is 10.9. The summed E-state index contributed by atoms with van der Waals surface area (Å²) in [5, 5.41) is 0. The molecule has 0 unspecified atom stereocenters. The highest BCUT2D eigenvalue weighted by molar-refractivity contribution is 6.02. The second-order valence-electron chi connectivity index (χ2n) is 3.48. The summed E-state index contributed by atoms with van der Waals surface area (Å²) in [6.07, 6.45) is -2.80. The lowest BCUT2D eigenvalue weighted by atomic mass is 10.0. The van der Waals surface area contributed by atoms with Gasteiger partial charge in [0.2, 0.25) is 0 Å². The molecule has 0 spiro atoms. The zero-order valence-electron chi connectivity index (χ0n) is 8.01. The highest BCUT2D eigenvalue weighted by Gasteiger charge is 2.34. The van der Waals surface area contributed by atoms with Crippen LogP contribution < -0.4 is 0 Å². The predicted octanol–water partition coefficient (Wildman–Crippen LogP) is 3.29. The number of alkyl halides is 3. The molecular formula is C11H10F3N. The second-order valence-corrected chi connectivity index (χ2v) is 3.48. The van der Waals surface area contributed by atoms with Crippen molar-refractivity contribution in [1.82, 2.24) is 0 Å². The second kappa shape index (κ2) is 3.68. The summed E-state index contributed by atoms with van der Waals surface area (Å²) in [6.45, 7) is 0.640. The molecule has 80 valence electrons. The van der Waals surface area contributed by atoms with Crippen LogP contribution in [0.5, 0.6) is 0 Å². The molecular weight excluding hydrogens is 203 g/mol. The summed E-state index contributed by atoms with van der Waals surface area (Å²) < 4.78 is 37.9. The standard InChI is InChI=1S/C11H10F3N/c12-11(13,14)9-5-2-1-4-8(9)10-6-3-7-15-10/h1-2,4-5H,3,6-7H2. The molecule has 4 heteroatoms. The molecule has 0 atom stereocenters. The molecule has 1 aromatic carbocycles. The van der Waals surface area contributed by atoms with Gasteiger partial charge in [-0.3, -0.25) is 4.99 Å². The Morgan fingerprint density at radius 2 is 1.87 bits per heavy atom. The van der Waals surface area contributed by atoms with E-state index in [0.29, 0.717) is 18.7 Å². The van der Waals surface area contributed by atoms with Crippen LogP contribution in [-0.4, -0.2) is 12.3 Å². The Bertz CT molecular complexity index is 393. The van der Waals surface area contributed by atoms with Gasteiger partial charge in [-0.2, -0.15) is 13.2 Å². The van der Waals surface area contributed by atoms with Crippen LogP contribution in [-0.2, 0) is 6.18 Å². The minimum atomic E-state index is -4.29. The zero-order valence-corrected chi connectivity index (χ0v) is 8.01. The molecule has 0 bridgehead atoms. The first-order valence-electron chi connectivity index (χ1n) is 4.79. The molecule has 0 aromatic heterocycles. The van der Waals surface area contributed by atoms with E-state index in [2.05, 4.69) is 4.99 Å². The van der Waals surface area contributed by atoms with Gasteiger partial charge in [-0.15, -0.1) is 0 Å². The smallest absolute Gasteiger partial charge is 0.289 e. The average molecular weight is 213 g/mol. The quantitative estimate of drug-likeness (QED) is 0.678. The first kappa shape index (κ1) is 10.2. The van der Waals surface area contributed by atoms with Crippen molar-refractivity contribution in [3.8, 4) is 0 Å². The first-order chi connectivity index (χ1) is 7.09. The van der Waals surface area contributed by atoms with Gasteiger partial charge in [0.15, 0.2) is 0 Å². The SMILES string of the molecule is FC(F)(F)c1ccccc1C1=NCCC1. The summed E-state index contributed by atoms with van der Waals surface area (Å²) in [4.78, 5) is 4.10. The van der Waals surface area contributed by atoms with Crippen molar-refractivity contribution < 1.29 is 13.2 Å². The van der Waals surface area contributed by atoms with Gasteiger partial charge in [0, 0.05) is 17.8 Å². The van der Waals surface area contributed by atoms with E-state index in [4.69, 9.17) is 0 Å². The van der Waals surface area contributed by atoms with Gasteiger partial charge in [0.25, 0.3) is 0 Å². The molecule has 1 aliphatic rings. The summed E-state index contributed by atoms with van der Waals surface area (Å²) in [7, 11) is 0. The third-order valence-electron chi connectivity index (χ3n) is 2.42. The fourth-order valence-corrected chi connectivity index (χ4v) is 1.74. The number of hydrogen-bond acceptors (Lipinski definition) is 1. The predicted molar refractivity (Wildman–Crippen MR) is 52.1 cm³/mol. The van der Waals surface area contributed by atoms with Crippen molar-refractivity contribution in [2.75, 3.05) is 6.54 Å². The Morgan fingerprint density at radius 3 is 2.47 bits per heavy atom. The summed E-state index contributed by atoms with van der Waals surface area (Å²) in [5.74, 6) is 0. The monoisotopic (exact) mass is 213 g/mol. The molecule has 1 heterocycles. The maximum absolute atomic E-state index is 12.6. The third-order valence-corrected chi connectivity index (χ3v) is 2.42. The molecule has 2 rings (SSSR count). The number of rotatable bonds is 1. The van der Waals surface area contributed by atoms with Crippen LogP contribution >= 0.6 is 0 Å². The van der Waals surface area contributed by atoms with Gasteiger partial charge >= 0.3 is 6.18 Å². The molecule has 1 aromatic rings. The summed E-state index contributed by atoms with van der Waals surface area (Å²) in [5.41, 5.74) is 0.246. The first-order valence-corrected chi connectivity index (χ1v) is 4.79. The minimum absolute atomic E-state index is 0.238. The van der Waals surface area contributed by atoms with E-state index in [9.17, 15) is 13.2 Å². The lowest BCUT2D eigenvalue weighted by molar-refractivity contribution is -0.137.